The number of carbonyl (C=O) groups is 2. The summed E-state index contributed by atoms with van der Waals surface area (Å²) < 4.78 is 5.41. The first-order valence-electron chi connectivity index (χ1n) is 9.85. The molecule has 1 N–H and O–H groups in total. The Bertz CT molecular complexity index is 960. The van der Waals surface area contributed by atoms with Crippen molar-refractivity contribution < 1.29 is 14.3 Å². The molecular formula is C23H25N3O3. The number of imide groups is 1. The van der Waals surface area contributed by atoms with Crippen LogP contribution in [-0.4, -0.2) is 43.1 Å². The van der Waals surface area contributed by atoms with Gasteiger partial charge in [-0.1, -0.05) is 35.9 Å². The molecule has 0 aromatic heterocycles. The number of ether oxygens (including phenoxy) is 1. The lowest BCUT2D eigenvalue weighted by Gasteiger charge is -2.29. The maximum absolute atomic E-state index is 12.8. The van der Waals surface area contributed by atoms with Gasteiger partial charge in [0.1, 0.15) is 5.70 Å². The number of benzene rings is 2. The van der Waals surface area contributed by atoms with Crippen LogP contribution in [0.15, 0.2) is 48.2 Å². The molecule has 0 aliphatic carbocycles. The summed E-state index contributed by atoms with van der Waals surface area (Å²) >= 11 is 0. The molecule has 2 heterocycles. The third-order valence-electron chi connectivity index (χ3n) is 5.35. The fourth-order valence-corrected chi connectivity index (χ4v) is 3.59. The Morgan fingerprint density at radius 1 is 1.03 bits per heavy atom. The topological polar surface area (TPSA) is 61.9 Å². The summed E-state index contributed by atoms with van der Waals surface area (Å²) in [4.78, 5) is 28.6. The molecule has 2 aromatic carbocycles. The van der Waals surface area contributed by atoms with Crippen molar-refractivity contribution in [2.75, 3.05) is 31.2 Å². The first-order valence-corrected chi connectivity index (χ1v) is 9.85. The van der Waals surface area contributed by atoms with Crippen molar-refractivity contribution in [2.24, 2.45) is 0 Å². The van der Waals surface area contributed by atoms with Gasteiger partial charge in [-0.2, -0.15) is 0 Å². The first-order chi connectivity index (χ1) is 14.0. The maximum Gasteiger partial charge on any atom is 0.329 e. The lowest BCUT2D eigenvalue weighted by atomic mass is 10.1. The van der Waals surface area contributed by atoms with Crippen LogP contribution in [0.5, 0.6) is 0 Å². The summed E-state index contributed by atoms with van der Waals surface area (Å²) in [7, 11) is 0. The van der Waals surface area contributed by atoms with Crippen LogP contribution in [0.3, 0.4) is 0 Å². The number of anilines is 1. The van der Waals surface area contributed by atoms with E-state index in [-0.39, 0.29) is 18.5 Å². The van der Waals surface area contributed by atoms with Crippen molar-refractivity contribution in [3.05, 3.63) is 70.4 Å². The van der Waals surface area contributed by atoms with E-state index in [0.717, 1.165) is 54.2 Å². The number of amides is 3. The van der Waals surface area contributed by atoms with Crippen LogP contribution in [0, 0.1) is 13.8 Å². The third-order valence-corrected chi connectivity index (χ3v) is 5.35. The van der Waals surface area contributed by atoms with Crippen LogP contribution in [0.4, 0.5) is 10.5 Å². The zero-order valence-corrected chi connectivity index (χ0v) is 16.8. The van der Waals surface area contributed by atoms with E-state index in [9.17, 15) is 9.59 Å². The predicted molar refractivity (Wildman–Crippen MR) is 112 cm³/mol. The van der Waals surface area contributed by atoms with E-state index in [4.69, 9.17) is 4.74 Å². The van der Waals surface area contributed by atoms with Gasteiger partial charge in [0.15, 0.2) is 0 Å². The molecule has 0 unspecified atom stereocenters. The second-order valence-corrected chi connectivity index (χ2v) is 7.51. The largest absolute Gasteiger partial charge is 0.378 e. The van der Waals surface area contributed by atoms with Crippen LogP contribution >= 0.6 is 0 Å². The van der Waals surface area contributed by atoms with E-state index in [0.29, 0.717) is 5.70 Å². The molecule has 6 nitrogen and oxygen atoms in total. The lowest BCUT2D eigenvalue weighted by molar-refractivity contribution is -0.123. The summed E-state index contributed by atoms with van der Waals surface area (Å²) in [6.07, 6.45) is 1.76. The minimum Gasteiger partial charge on any atom is -0.378 e. The molecular weight excluding hydrogens is 366 g/mol. The molecule has 2 aromatic rings. The van der Waals surface area contributed by atoms with E-state index in [1.54, 1.807) is 6.08 Å². The van der Waals surface area contributed by atoms with Crippen molar-refractivity contribution in [3.63, 3.8) is 0 Å². The number of aryl methyl sites for hydroxylation is 2. The quantitative estimate of drug-likeness (QED) is 0.642. The normalized spacial score (nSPS) is 18.5. The Balaban J connectivity index is 1.51. The second-order valence-electron chi connectivity index (χ2n) is 7.51. The molecule has 2 aliphatic heterocycles. The summed E-state index contributed by atoms with van der Waals surface area (Å²) in [6.45, 7) is 7.51. The molecule has 0 bridgehead atoms. The highest BCUT2D eigenvalue weighted by Crippen LogP contribution is 2.23. The zero-order valence-electron chi connectivity index (χ0n) is 16.8. The van der Waals surface area contributed by atoms with Crippen LogP contribution in [0.2, 0.25) is 0 Å². The molecule has 0 spiro atoms. The highest BCUT2D eigenvalue weighted by Gasteiger charge is 2.33. The summed E-state index contributed by atoms with van der Waals surface area (Å²) in [5.74, 6) is -0.299. The highest BCUT2D eigenvalue weighted by molar-refractivity contribution is 6.14. The van der Waals surface area contributed by atoms with Crippen LogP contribution in [0.25, 0.3) is 6.08 Å². The highest BCUT2D eigenvalue weighted by atomic mass is 16.5. The first kappa shape index (κ1) is 19.2. The van der Waals surface area contributed by atoms with Crippen molar-refractivity contribution in [2.45, 2.75) is 20.4 Å². The smallest absolute Gasteiger partial charge is 0.329 e. The molecule has 150 valence electrons. The Morgan fingerprint density at radius 2 is 1.76 bits per heavy atom. The number of hydrogen-bond acceptors (Lipinski definition) is 4. The Morgan fingerprint density at radius 3 is 2.45 bits per heavy atom. The Hall–Kier alpha value is -3.12. The van der Waals surface area contributed by atoms with E-state index < -0.39 is 0 Å². The second kappa shape index (κ2) is 8.09. The van der Waals surface area contributed by atoms with Gasteiger partial charge in [-0.05, 0) is 48.7 Å². The Kier molecular flexibility index (Phi) is 5.36. The minimum absolute atomic E-state index is 0.261. The predicted octanol–water partition coefficient (Wildman–Crippen LogP) is 3.23. The molecule has 4 rings (SSSR count). The van der Waals surface area contributed by atoms with Gasteiger partial charge < -0.3 is 15.0 Å². The van der Waals surface area contributed by atoms with Crippen LogP contribution in [-0.2, 0) is 16.1 Å². The molecule has 3 amide bonds. The average Bonchev–Trinajstić information content (AvgIpc) is 2.99. The number of hydrogen-bond donors (Lipinski definition) is 1. The molecule has 0 atom stereocenters. The van der Waals surface area contributed by atoms with E-state index >= 15 is 0 Å². The number of rotatable bonds is 4. The van der Waals surface area contributed by atoms with E-state index in [1.165, 1.54) is 4.90 Å². The van der Waals surface area contributed by atoms with E-state index in [1.807, 2.05) is 44.2 Å². The van der Waals surface area contributed by atoms with Gasteiger partial charge in [0.2, 0.25) is 0 Å². The number of carbonyl (C=O) groups excluding carboxylic acids is 2. The molecule has 29 heavy (non-hydrogen) atoms. The van der Waals surface area contributed by atoms with Crippen LogP contribution in [0.1, 0.15) is 22.3 Å². The lowest BCUT2D eigenvalue weighted by Crippen LogP contribution is -2.36. The number of nitrogens with one attached hydrogen (secondary N) is 1. The molecule has 0 saturated carbocycles. The number of morpholine rings is 1. The Labute approximate surface area is 170 Å². The zero-order chi connectivity index (χ0) is 20.4. The number of nitrogens with zero attached hydrogens (tertiary/aromatic N) is 2. The maximum atomic E-state index is 12.8. The van der Waals surface area contributed by atoms with Gasteiger partial charge in [0.05, 0.1) is 19.8 Å². The van der Waals surface area contributed by atoms with Crippen molar-refractivity contribution >= 4 is 23.7 Å². The average molecular weight is 391 g/mol. The molecule has 2 saturated heterocycles. The van der Waals surface area contributed by atoms with Crippen molar-refractivity contribution in [1.29, 1.82) is 0 Å². The van der Waals surface area contributed by atoms with Gasteiger partial charge >= 0.3 is 6.03 Å². The molecule has 0 radical (unpaired) electrons. The fourth-order valence-electron chi connectivity index (χ4n) is 3.59. The van der Waals surface area contributed by atoms with Gasteiger partial charge in [-0.15, -0.1) is 0 Å². The monoisotopic (exact) mass is 391 g/mol. The van der Waals surface area contributed by atoms with Gasteiger partial charge in [0.25, 0.3) is 5.91 Å². The van der Waals surface area contributed by atoms with Crippen molar-refractivity contribution in [1.82, 2.24) is 10.2 Å². The molecule has 6 heteroatoms. The van der Waals surface area contributed by atoms with Gasteiger partial charge in [0, 0.05) is 18.8 Å². The summed E-state index contributed by atoms with van der Waals surface area (Å²) in [5.41, 5.74) is 5.50. The third kappa shape index (κ3) is 4.17. The molecule has 2 aliphatic rings. The number of urea groups is 1. The molecule has 2 fully saturated rings. The van der Waals surface area contributed by atoms with Crippen molar-refractivity contribution in [3.8, 4) is 0 Å². The van der Waals surface area contributed by atoms with E-state index in [2.05, 4.69) is 22.3 Å². The minimum atomic E-state index is -0.385. The van der Waals surface area contributed by atoms with Crippen LogP contribution < -0.4 is 10.2 Å². The fraction of sp³-hybridized carbons (Fsp3) is 0.304. The summed E-state index contributed by atoms with van der Waals surface area (Å²) in [5, 5.41) is 2.71. The standard InChI is InChI=1S/C23H25N3O3/c1-16-3-5-18(6-4-16)15-26-22(27)21(24-23(26)28)14-19-7-8-20(13-17(19)2)25-9-11-29-12-10-25/h3-8,13-14H,9-12,15H2,1-2H3,(H,24,28)/b21-14-. The van der Waals surface area contributed by atoms with Gasteiger partial charge in [-0.3, -0.25) is 9.69 Å². The SMILES string of the molecule is Cc1ccc(CN2C(=O)N/C(=C\c3ccc(N4CCOCC4)cc3C)C2=O)cc1. The summed E-state index contributed by atoms with van der Waals surface area (Å²) in [6, 6.07) is 13.6. The van der Waals surface area contributed by atoms with Gasteiger partial charge in [-0.25, -0.2) is 4.79 Å².